The van der Waals surface area contributed by atoms with Gasteiger partial charge in [-0.1, -0.05) is 37.3 Å². The van der Waals surface area contributed by atoms with Crippen LogP contribution in [0.4, 0.5) is 0 Å². The van der Waals surface area contributed by atoms with Crippen molar-refractivity contribution in [3.8, 4) is 5.75 Å². The monoisotopic (exact) mass is 298 g/mol. The van der Waals surface area contributed by atoms with Gasteiger partial charge in [-0.05, 0) is 24.1 Å². The van der Waals surface area contributed by atoms with Gasteiger partial charge in [0.05, 0.1) is 12.3 Å². The van der Waals surface area contributed by atoms with Crippen LogP contribution in [-0.2, 0) is 11.2 Å². The molecule has 1 saturated heterocycles. The van der Waals surface area contributed by atoms with Crippen molar-refractivity contribution in [1.82, 2.24) is 10.3 Å². The molecule has 4 heteroatoms. The molecule has 2 heterocycles. The fraction of sp³-hybridized carbons (Fsp3) is 0.389. The summed E-state index contributed by atoms with van der Waals surface area (Å²) < 4.78 is 12.3. The number of nitrogens with zero attached hydrogens (tertiary/aromatic N) is 1. The van der Waals surface area contributed by atoms with E-state index in [0.717, 1.165) is 36.5 Å². The molecular formula is C18H22N2O2. The topological polar surface area (TPSA) is 43.4 Å². The molecule has 1 fully saturated rings. The summed E-state index contributed by atoms with van der Waals surface area (Å²) in [4.78, 5) is 4.41. The third kappa shape index (κ3) is 3.46. The fourth-order valence-electron chi connectivity index (χ4n) is 2.71. The summed E-state index contributed by atoms with van der Waals surface area (Å²) >= 11 is 0. The summed E-state index contributed by atoms with van der Waals surface area (Å²) in [6.07, 6.45) is 2.52. The first kappa shape index (κ1) is 15.0. The summed E-state index contributed by atoms with van der Waals surface area (Å²) in [6, 6.07) is 14.2. The molecule has 22 heavy (non-hydrogen) atoms. The molecule has 4 nitrogen and oxygen atoms in total. The predicted molar refractivity (Wildman–Crippen MR) is 86.0 cm³/mol. The Labute approximate surface area is 131 Å². The second kappa shape index (κ2) is 7.38. The molecule has 1 aromatic heterocycles. The number of morpholine rings is 1. The van der Waals surface area contributed by atoms with Crippen LogP contribution >= 0.6 is 0 Å². The number of aryl methyl sites for hydroxylation is 1. The van der Waals surface area contributed by atoms with Crippen LogP contribution in [-0.4, -0.2) is 30.8 Å². The van der Waals surface area contributed by atoms with Gasteiger partial charge in [-0.3, -0.25) is 4.98 Å². The van der Waals surface area contributed by atoms with E-state index in [-0.39, 0.29) is 12.2 Å². The third-order valence-electron chi connectivity index (χ3n) is 3.86. The summed E-state index contributed by atoms with van der Waals surface area (Å²) in [5, 5.41) is 3.38. The highest BCUT2D eigenvalue weighted by atomic mass is 16.5. The van der Waals surface area contributed by atoms with Crippen molar-refractivity contribution in [2.75, 3.05) is 19.7 Å². The van der Waals surface area contributed by atoms with Crippen LogP contribution in [0.2, 0.25) is 0 Å². The Hall–Kier alpha value is -1.91. The largest absolute Gasteiger partial charge is 0.481 e. The van der Waals surface area contributed by atoms with Crippen molar-refractivity contribution in [2.45, 2.75) is 25.6 Å². The van der Waals surface area contributed by atoms with Crippen molar-refractivity contribution in [3.05, 3.63) is 59.9 Å². The lowest BCUT2D eigenvalue weighted by Gasteiger charge is -2.32. The fourth-order valence-corrected chi connectivity index (χ4v) is 2.71. The van der Waals surface area contributed by atoms with Crippen LogP contribution in [0.1, 0.15) is 24.3 Å². The molecule has 1 aliphatic rings. The molecule has 0 aliphatic carbocycles. The Morgan fingerprint density at radius 3 is 2.86 bits per heavy atom. The molecule has 2 atom stereocenters. The zero-order chi connectivity index (χ0) is 15.2. The van der Waals surface area contributed by atoms with E-state index in [0.29, 0.717) is 6.61 Å². The maximum atomic E-state index is 6.33. The number of aromatic nitrogens is 1. The lowest BCUT2D eigenvalue weighted by molar-refractivity contribution is -0.0436. The lowest BCUT2D eigenvalue weighted by Crippen LogP contribution is -2.43. The van der Waals surface area contributed by atoms with Gasteiger partial charge >= 0.3 is 0 Å². The number of benzene rings is 1. The molecule has 2 aromatic rings. The second-order valence-corrected chi connectivity index (χ2v) is 5.36. The molecule has 1 aromatic carbocycles. The van der Waals surface area contributed by atoms with E-state index in [9.17, 15) is 0 Å². The molecule has 116 valence electrons. The van der Waals surface area contributed by atoms with E-state index < -0.39 is 0 Å². The minimum absolute atomic E-state index is 0.000984. The molecule has 0 amide bonds. The van der Waals surface area contributed by atoms with E-state index >= 15 is 0 Å². The first-order valence-electron chi connectivity index (χ1n) is 7.86. The standard InChI is InChI=1S/C18H22N2O2/c1-2-15-16(9-6-10-20-15)22-18(14-7-4-3-5-8-14)17-13-19-11-12-21-17/h3-10,17-19H,2,11-13H2,1H3/t17-,18-/m0/s1. The summed E-state index contributed by atoms with van der Waals surface area (Å²) in [6.45, 7) is 4.49. The molecule has 0 spiro atoms. The first-order chi connectivity index (χ1) is 10.9. The maximum absolute atomic E-state index is 6.33. The number of pyridine rings is 1. The van der Waals surface area contributed by atoms with Crippen LogP contribution < -0.4 is 10.1 Å². The van der Waals surface area contributed by atoms with Gasteiger partial charge in [0.2, 0.25) is 0 Å². The Morgan fingerprint density at radius 2 is 2.14 bits per heavy atom. The normalized spacial score (nSPS) is 19.6. The van der Waals surface area contributed by atoms with Crippen molar-refractivity contribution >= 4 is 0 Å². The van der Waals surface area contributed by atoms with E-state index in [1.807, 2.05) is 36.5 Å². The third-order valence-corrected chi connectivity index (χ3v) is 3.86. The SMILES string of the molecule is CCc1ncccc1O[C@@H](c1ccccc1)[C@@H]1CNCCO1. The second-order valence-electron chi connectivity index (χ2n) is 5.36. The Morgan fingerprint density at radius 1 is 1.27 bits per heavy atom. The van der Waals surface area contributed by atoms with Crippen LogP contribution in [0.15, 0.2) is 48.7 Å². The average Bonchev–Trinajstić information content (AvgIpc) is 2.61. The molecule has 0 bridgehead atoms. The molecule has 0 saturated carbocycles. The van der Waals surface area contributed by atoms with E-state index in [4.69, 9.17) is 9.47 Å². The highest BCUT2D eigenvalue weighted by Crippen LogP contribution is 2.28. The highest BCUT2D eigenvalue weighted by Gasteiger charge is 2.28. The number of ether oxygens (including phenoxy) is 2. The summed E-state index contributed by atoms with van der Waals surface area (Å²) in [5.74, 6) is 0.841. The summed E-state index contributed by atoms with van der Waals surface area (Å²) in [5.41, 5.74) is 2.11. The van der Waals surface area contributed by atoms with Gasteiger partial charge in [0.1, 0.15) is 11.9 Å². The number of hydrogen-bond donors (Lipinski definition) is 1. The van der Waals surface area contributed by atoms with Crippen molar-refractivity contribution in [2.24, 2.45) is 0 Å². The molecular weight excluding hydrogens is 276 g/mol. The zero-order valence-corrected chi connectivity index (χ0v) is 12.9. The Kier molecular flexibility index (Phi) is 5.03. The minimum Gasteiger partial charge on any atom is -0.481 e. The zero-order valence-electron chi connectivity index (χ0n) is 12.9. The number of hydrogen-bond acceptors (Lipinski definition) is 4. The molecule has 1 aliphatic heterocycles. The van der Waals surface area contributed by atoms with Crippen molar-refractivity contribution < 1.29 is 9.47 Å². The van der Waals surface area contributed by atoms with E-state index in [1.54, 1.807) is 0 Å². The molecule has 1 N–H and O–H groups in total. The van der Waals surface area contributed by atoms with Crippen LogP contribution in [0.25, 0.3) is 0 Å². The number of rotatable bonds is 5. The quantitative estimate of drug-likeness (QED) is 0.922. The van der Waals surface area contributed by atoms with Gasteiger partial charge in [0.25, 0.3) is 0 Å². The predicted octanol–water partition coefficient (Wildman–Crippen LogP) is 2.75. The highest BCUT2D eigenvalue weighted by molar-refractivity contribution is 5.29. The minimum atomic E-state index is -0.136. The van der Waals surface area contributed by atoms with Gasteiger partial charge in [-0.15, -0.1) is 0 Å². The Bertz CT molecular complexity index is 583. The molecule has 3 rings (SSSR count). The lowest BCUT2D eigenvalue weighted by atomic mass is 10.0. The first-order valence-corrected chi connectivity index (χ1v) is 7.86. The number of nitrogens with one attached hydrogen (secondary N) is 1. The van der Waals surface area contributed by atoms with Gasteiger partial charge in [0, 0.05) is 19.3 Å². The van der Waals surface area contributed by atoms with Crippen LogP contribution in [0, 0.1) is 0 Å². The average molecular weight is 298 g/mol. The van der Waals surface area contributed by atoms with E-state index in [1.165, 1.54) is 0 Å². The maximum Gasteiger partial charge on any atom is 0.151 e. The van der Waals surface area contributed by atoms with Gasteiger partial charge in [-0.2, -0.15) is 0 Å². The molecule has 0 unspecified atom stereocenters. The van der Waals surface area contributed by atoms with Gasteiger partial charge < -0.3 is 14.8 Å². The molecule has 0 radical (unpaired) electrons. The van der Waals surface area contributed by atoms with Crippen LogP contribution in [0.5, 0.6) is 5.75 Å². The van der Waals surface area contributed by atoms with Crippen molar-refractivity contribution in [1.29, 1.82) is 0 Å². The van der Waals surface area contributed by atoms with Gasteiger partial charge in [-0.25, -0.2) is 0 Å². The van der Waals surface area contributed by atoms with E-state index in [2.05, 4.69) is 29.4 Å². The Balaban J connectivity index is 1.88. The van der Waals surface area contributed by atoms with Crippen LogP contribution in [0.3, 0.4) is 0 Å². The summed E-state index contributed by atoms with van der Waals surface area (Å²) in [7, 11) is 0. The van der Waals surface area contributed by atoms with Crippen molar-refractivity contribution in [3.63, 3.8) is 0 Å². The van der Waals surface area contributed by atoms with Gasteiger partial charge in [0.15, 0.2) is 6.10 Å². The smallest absolute Gasteiger partial charge is 0.151 e.